The van der Waals surface area contributed by atoms with Gasteiger partial charge in [0, 0.05) is 5.56 Å². The zero-order valence-electron chi connectivity index (χ0n) is 9.98. The van der Waals surface area contributed by atoms with E-state index in [9.17, 15) is 4.79 Å². The van der Waals surface area contributed by atoms with E-state index in [-0.39, 0.29) is 0 Å². The van der Waals surface area contributed by atoms with Gasteiger partial charge in [-0.15, -0.1) is 0 Å². The largest absolute Gasteiger partial charge is 0.465 e. The SMILES string of the molecule is COC(=O)c1c(-c2cccc(C)c2)noc1C. The Bertz CT molecular complexity index is 558. The van der Waals surface area contributed by atoms with Crippen LogP contribution >= 0.6 is 0 Å². The number of rotatable bonds is 2. The number of hydrogen-bond donors (Lipinski definition) is 0. The predicted molar refractivity (Wildman–Crippen MR) is 62.8 cm³/mol. The minimum atomic E-state index is -0.430. The molecule has 0 atom stereocenters. The van der Waals surface area contributed by atoms with Gasteiger partial charge < -0.3 is 9.26 Å². The maximum absolute atomic E-state index is 11.7. The van der Waals surface area contributed by atoms with E-state index in [2.05, 4.69) is 5.16 Å². The normalized spacial score (nSPS) is 10.3. The minimum Gasteiger partial charge on any atom is -0.465 e. The van der Waals surface area contributed by atoms with Crippen LogP contribution in [0.25, 0.3) is 11.3 Å². The minimum absolute atomic E-state index is 0.387. The van der Waals surface area contributed by atoms with Crippen LogP contribution in [0.5, 0.6) is 0 Å². The van der Waals surface area contributed by atoms with E-state index >= 15 is 0 Å². The topological polar surface area (TPSA) is 52.3 Å². The summed E-state index contributed by atoms with van der Waals surface area (Å²) in [4.78, 5) is 11.7. The second-order valence-electron chi connectivity index (χ2n) is 3.82. The number of benzene rings is 1. The van der Waals surface area contributed by atoms with E-state index in [1.54, 1.807) is 6.92 Å². The summed E-state index contributed by atoms with van der Waals surface area (Å²) in [5.74, 6) is 0.0358. The standard InChI is InChI=1S/C13H13NO3/c1-8-5-4-6-10(7-8)12-11(13(15)16-3)9(2)17-14-12/h4-7H,1-3H3. The van der Waals surface area contributed by atoms with E-state index in [0.29, 0.717) is 17.0 Å². The first-order valence-corrected chi connectivity index (χ1v) is 5.25. The number of ether oxygens (including phenoxy) is 1. The van der Waals surface area contributed by atoms with Crippen molar-refractivity contribution in [2.24, 2.45) is 0 Å². The molecule has 17 heavy (non-hydrogen) atoms. The molecule has 0 unspecified atom stereocenters. The molecule has 0 bridgehead atoms. The molecule has 88 valence electrons. The van der Waals surface area contributed by atoms with Gasteiger partial charge in [-0.2, -0.15) is 0 Å². The summed E-state index contributed by atoms with van der Waals surface area (Å²) in [6.07, 6.45) is 0. The quantitative estimate of drug-likeness (QED) is 0.746. The van der Waals surface area contributed by atoms with Gasteiger partial charge in [0.2, 0.25) is 0 Å². The Hall–Kier alpha value is -2.10. The first-order valence-electron chi connectivity index (χ1n) is 5.25. The fourth-order valence-corrected chi connectivity index (χ4v) is 1.70. The van der Waals surface area contributed by atoms with Crippen LogP contribution in [0.3, 0.4) is 0 Å². The molecule has 2 aromatic rings. The summed E-state index contributed by atoms with van der Waals surface area (Å²) in [5, 5.41) is 3.92. The number of aryl methyl sites for hydroxylation is 2. The molecular weight excluding hydrogens is 218 g/mol. The Kier molecular flexibility index (Phi) is 2.95. The number of methoxy groups -OCH3 is 1. The fraction of sp³-hybridized carbons (Fsp3) is 0.231. The average molecular weight is 231 g/mol. The van der Waals surface area contributed by atoms with Crippen molar-refractivity contribution in [3.05, 3.63) is 41.2 Å². The zero-order chi connectivity index (χ0) is 12.4. The first-order chi connectivity index (χ1) is 8.13. The number of hydrogen-bond acceptors (Lipinski definition) is 4. The third-order valence-corrected chi connectivity index (χ3v) is 2.54. The Balaban J connectivity index is 2.57. The Labute approximate surface area is 99.2 Å². The molecular formula is C13H13NO3. The molecule has 0 aliphatic carbocycles. The zero-order valence-corrected chi connectivity index (χ0v) is 9.98. The second kappa shape index (κ2) is 4.41. The van der Waals surface area contributed by atoms with Crippen LogP contribution in [0.2, 0.25) is 0 Å². The van der Waals surface area contributed by atoms with E-state index in [1.807, 2.05) is 31.2 Å². The van der Waals surface area contributed by atoms with Crippen LogP contribution in [0, 0.1) is 13.8 Å². The van der Waals surface area contributed by atoms with Gasteiger partial charge in [-0.1, -0.05) is 28.9 Å². The molecule has 1 aromatic heterocycles. The van der Waals surface area contributed by atoms with Crippen LogP contribution in [0.4, 0.5) is 0 Å². The summed E-state index contributed by atoms with van der Waals surface area (Å²) in [6, 6.07) is 7.73. The van der Waals surface area contributed by atoms with Gasteiger partial charge in [-0.25, -0.2) is 4.79 Å². The molecule has 0 aliphatic heterocycles. The van der Waals surface area contributed by atoms with Crippen molar-refractivity contribution in [3.63, 3.8) is 0 Å². The van der Waals surface area contributed by atoms with Crippen LogP contribution in [-0.4, -0.2) is 18.2 Å². The van der Waals surface area contributed by atoms with Crippen molar-refractivity contribution in [3.8, 4) is 11.3 Å². The molecule has 2 rings (SSSR count). The Morgan fingerprint density at radius 1 is 1.35 bits per heavy atom. The third kappa shape index (κ3) is 2.06. The highest BCUT2D eigenvalue weighted by molar-refractivity contribution is 5.97. The molecule has 0 fully saturated rings. The maximum atomic E-state index is 11.7. The lowest BCUT2D eigenvalue weighted by Crippen LogP contribution is -2.03. The van der Waals surface area contributed by atoms with Crippen LogP contribution < -0.4 is 0 Å². The van der Waals surface area contributed by atoms with Gasteiger partial charge in [0.05, 0.1) is 7.11 Å². The average Bonchev–Trinajstić information content (AvgIpc) is 2.70. The van der Waals surface area contributed by atoms with E-state index in [0.717, 1.165) is 11.1 Å². The highest BCUT2D eigenvalue weighted by Gasteiger charge is 2.21. The fourth-order valence-electron chi connectivity index (χ4n) is 1.70. The second-order valence-corrected chi connectivity index (χ2v) is 3.82. The molecule has 4 nitrogen and oxygen atoms in total. The van der Waals surface area contributed by atoms with Crippen LogP contribution in [0.1, 0.15) is 21.7 Å². The first kappa shape index (κ1) is 11.4. The molecule has 4 heteroatoms. The van der Waals surface area contributed by atoms with Crippen molar-refractivity contribution >= 4 is 5.97 Å². The van der Waals surface area contributed by atoms with Crippen molar-refractivity contribution < 1.29 is 14.1 Å². The summed E-state index contributed by atoms with van der Waals surface area (Å²) >= 11 is 0. The van der Waals surface area contributed by atoms with Crippen LogP contribution in [0.15, 0.2) is 28.8 Å². The monoisotopic (exact) mass is 231 g/mol. The molecule has 0 saturated carbocycles. The lowest BCUT2D eigenvalue weighted by molar-refractivity contribution is 0.0599. The number of nitrogens with zero attached hydrogens (tertiary/aromatic N) is 1. The van der Waals surface area contributed by atoms with Gasteiger partial charge >= 0.3 is 5.97 Å². The molecule has 0 amide bonds. The molecule has 0 spiro atoms. The number of esters is 1. The van der Waals surface area contributed by atoms with E-state index in [1.165, 1.54) is 7.11 Å². The summed E-state index contributed by atoms with van der Waals surface area (Å²) in [7, 11) is 1.34. The highest BCUT2D eigenvalue weighted by atomic mass is 16.5. The maximum Gasteiger partial charge on any atom is 0.343 e. The summed E-state index contributed by atoms with van der Waals surface area (Å²) in [6.45, 7) is 3.67. The van der Waals surface area contributed by atoms with Gasteiger partial charge in [0.15, 0.2) is 0 Å². The number of aromatic nitrogens is 1. The molecule has 0 N–H and O–H groups in total. The highest BCUT2D eigenvalue weighted by Crippen LogP contribution is 2.26. The predicted octanol–water partition coefficient (Wildman–Crippen LogP) is 2.75. The summed E-state index contributed by atoms with van der Waals surface area (Å²) < 4.78 is 9.79. The number of carbonyl (C=O) groups excluding carboxylic acids is 1. The van der Waals surface area contributed by atoms with E-state index < -0.39 is 5.97 Å². The third-order valence-electron chi connectivity index (χ3n) is 2.54. The molecule has 0 aliphatic rings. The number of carbonyl (C=O) groups is 1. The van der Waals surface area contributed by atoms with Gasteiger partial charge in [0.1, 0.15) is 17.0 Å². The Morgan fingerprint density at radius 2 is 2.12 bits per heavy atom. The molecule has 0 saturated heterocycles. The molecule has 1 aromatic carbocycles. The van der Waals surface area contributed by atoms with Crippen LogP contribution in [-0.2, 0) is 4.74 Å². The van der Waals surface area contributed by atoms with Crippen molar-refractivity contribution in [2.45, 2.75) is 13.8 Å². The Morgan fingerprint density at radius 3 is 2.76 bits per heavy atom. The van der Waals surface area contributed by atoms with E-state index in [4.69, 9.17) is 9.26 Å². The van der Waals surface area contributed by atoms with Gasteiger partial charge in [-0.3, -0.25) is 0 Å². The smallest absolute Gasteiger partial charge is 0.343 e. The van der Waals surface area contributed by atoms with Crippen molar-refractivity contribution in [2.75, 3.05) is 7.11 Å². The van der Waals surface area contributed by atoms with Crippen molar-refractivity contribution in [1.82, 2.24) is 5.16 Å². The summed E-state index contributed by atoms with van der Waals surface area (Å²) in [5.41, 5.74) is 2.86. The molecule has 1 heterocycles. The lowest BCUT2D eigenvalue weighted by atomic mass is 10.0. The molecule has 0 radical (unpaired) electrons. The van der Waals surface area contributed by atoms with Crippen molar-refractivity contribution in [1.29, 1.82) is 0 Å². The lowest BCUT2D eigenvalue weighted by Gasteiger charge is -2.01. The van der Waals surface area contributed by atoms with Gasteiger partial charge in [0.25, 0.3) is 0 Å². The van der Waals surface area contributed by atoms with Gasteiger partial charge in [-0.05, 0) is 19.9 Å².